The second-order valence-corrected chi connectivity index (χ2v) is 10.9. The summed E-state index contributed by atoms with van der Waals surface area (Å²) in [4.78, 5) is 35.2. The summed E-state index contributed by atoms with van der Waals surface area (Å²) in [6.45, 7) is 7.86. The first-order valence-corrected chi connectivity index (χ1v) is 13.1. The molecule has 0 aliphatic carbocycles. The second kappa shape index (κ2) is 10.8. The van der Waals surface area contributed by atoms with E-state index in [1.54, 1.807) is 19.1 Å². The fraction of sp³-hybridized carbons (Fsp3) is 0.345. The van der Waals surface area contributed by atoms with Crippen LogP contribution in [0.4, 0.5) is 0 Å². The number of carbonyl (C=O) groups is 2. The van der Waals surface area contributed by atoms with Gasteiger partial charge in [0.25, 0.3) is 0 Å². The van der Waals surface area contributed by atoms with Gasteiger partial charge in [0.05, 0.1) is 30.8 Å². The van der Waals surface area contributed by atoms with Crippen LogP contribution in [0.25, 0.3) is 0 Å². The van der Waals surface area contributed by atoms with E-state index >= 15 is 0 Å². The van der Waals surface area contributed by atoms with Gasteiger partial charge < -0.3 is 19.3 Å². The minimum Gasteiger partial charge on any atom is -0.496 e. The number of carbonyl (C=O) groups excluding carboxylic acids is 2. The average molecular weight is 520 g/mol. The third-order valence-corrected chi connectivity index (χ3v) is 6.96. The van der Waals surface area contributed by atoms with Crippen LogP contribution in [0.3, 0.4) is 0 Å². The van der Waals surface area contributed by atoms with Crippen LogP contribution in [0.5, 0.6) is 5.75 Å². The fourth-order valence-corrected chi connectivity index (χ4v) is 5.35. The molecule has 0 aromatic heterocycles. The Morgan fingerprint density at radius 3 is 2.43 bits per heavy atom. The van der Waals surface area contributed by atoms with Crippen molar-refractivity contribution in [2.75, 3.05) is 14.2 Å². The molecule has 2 aromatic carbocycles. The van der Waals surface area contributed by atoms with Gasteiger partial charge in [0, 0.05) is 24.9 Å². The van der Waals surface area contributed by atoms with Crippen LogP contribution in [0.1, 0.15) is 51.3 Å². The van der Waals surface area contributed by atoms with E-state index in [1.165, 1.54) is 11.8 Å². The van der Waals surface area contributed by atoms with E-state index in [1.807, 2.05) is 92.6 Å². The van der Waals surface area contributed by atoms with Gasteiger partial charge in [0.1, 0.15) is 11.4 Å². The van der Waals surface area contributed by atoms with Gasteiger partial charge in [0.15, 0.2) is 5.17 Å². The molecule has 2 aliphatic heterocycles. The number of aliphatic imine (C=N–C) groups is 1. The van der Waals surface area contributed by atoms with Gasteiger partial charge in [-0.15, -0.1) is 0 Å². The van der Waals surface area contributed by atoms with E-state index in [9.17, 15) is 9.59 Å². The van der Waals surface area contributed by atoms with E-state index in [0.717, 1.165) is 16.8 Å². The van der Waals surface area contributed by atoms with Crippen LogP contribution in [-0.2, 0) is 20.9 Å². The predicted octanol–water partition coefficient (Wildman–Crippen LogP) is 5.66. The molecular weight excluding hydrogens is 486 g/mol. The van der Waals surface area contributed by atoms with Crippen LogP contribution < -0.4 is 4.74 Å². The Hall–Kier alpha value is -3.52. The lowest BCUT2D eigenvalue weighted by Gasteiger charge is -2.37. The van der Waals surface area contributed by atoms with Crippen molar-refractivity contribution < 1.29 is 19.1 Å². The summed E-state index contributed by atoms with van der Waals surface area (Å²) in [6, 6.07) is 17.0. The molecule has 0 N–H and O–H groups in total. The van der Waals surface area contributed by atoms with E-state index in [2.05, 4.69) is 0 Å². The minimum atomic E-state index is -0.672. The summed E-state index contributed by atoms with van der Waals surface area (Å²) in [5, 5.41) is 2.66. The van der Waals surface area contributed by atoms with E-state index in [0.29, 0.717) is 28.7 Å². The Bertz CT molecular complexity index is 1280. The summed E-state index contributed by atoms with van der Waals surface area (Å²) in [5.41, 5.74) is 2.99. The highest BCUT2D eigenvalue weighted by Gasteiger charge is 2.43. The first kappa shape index (κ1) is 26.5. The average Bonchev–Trinajstić information content (AvgIpc) is 3.24. The van der Waals surface area contributed by atoms with Gasteiger partial charge in [0.2, 0.25) is 5.91 Å². The van der Waals surface area contributed by atoms with E-state index < -0.39 is 17.6 Å². The summed E-state index contributed by atoms with van der Waals surface area (Å²) in [6.07, 6.45) is 0.168. The van der Waals surface area contributed by atoms with Gasteiger partial charge in [-0.05, 0) is 44.7 Å². The topological polar surface area (TPSA) is 71.4 Å². The number of amides is 1. The van der Waals surface area contributed by atoms with Gasteiger partial charge in [-0.2, -0.15) is 0 Å². The number of amidine groups is 1. The molecule has 2 heterocycles. The molecule has 0 radical (unpaired) electrons. The number of fused-ring (bicyclic) bond motifs is 1. The van der Waals surface area contributed by atoms with Crippen molar-refractivity contribution in [2.24, 2.45) is 4.99 Å². The molecule has 194 valence electrons. The Kier molecular flexibility index (Phi) is 7.78. The Morgan fingerprint density at radius 1 is 1.08 bits per heavy atom. The number of allylic oxidation sites excluding steroid dienone is 1. The van der Waals surface area contributed by atoms with Crippen molar-refractivity contribution in [1.82, 2.24) is 9.80 Å². The molecule has 1 atom stereocenters. The maximum Gasteiger partial charge on any atom is 0.338 e. The molecule has 37 heavy (non-hydrogen) atoms. The quantitative estimate of drug-likeness (QED) is 0.440. The number of hydrogen-bond acceptors (Lipinski definition) is 7. The van der Waals surface area contributed by atoms with Crippen LogP contribution in [0, 0.1) is 0 Å². The zero-order valence-corrected chi connectivity index (χ0v) is 23.0. The van der Waals surface area contributed by atoms with Crippen molar-refractivity contribution in [3.05, 3.63) is 88.1 Å². The normalized spacial score (nSPS) is 17.1. The Balaban J connectivity index is 1.69. The number of benzene rings is 2. The largest absolute Gasteiger partial charge is 0.496 e. The molecule has 0 fully saturated rings. The number of hydrogen-bond donors (Lipinski definition) is 0. The molecule has 7 nitrogen and oxygen atoms in total. The number of rotatable bonds is 7. The van der Waals surface area contributed by atoms with E-state index in [4.69, 9.17) is 14.5 Å². The maximum absolute atomic E-state index is 13.5. The molecular formula is C29H33N3O4S. The summed E-state index contributed by atoms with van der Waals surface area (Å²) in [5.74, 6) is 0.180. The Morgan fingerprint density at radius 2 is 1.76 bits per heavy atom. The zero-order valence-electron chi connectivity index (χ0n) is 22.1. The third-order valence-electron chi connectivity index (χ3n) is 6.07. The zero-order chi connectivity index (χ0) is 26.7. The van der Waals surface area contributed by atoms with Gasteiger partial charge >= 0.3 is 5.97 Å². The van der Waals surface area contributed by atoms with Crippen LogP contribution in [-0.4, -0.2) is 46.6 Å². The molecule has 0 spiro atoms. The standard InChI is InChI=1S/C29H33N3O4S/c1-19-25(27(34)36-29(2,3)4)26(22-14-10-11-15-23(22)35-6)32-21(18-37-28(32)30-19)16-24(33)31(5)17-20-12-8-7-9-13-20/h7-15,18,26H,16-17H2,1-6H3/t26-/m1/s1. The molecule has 4 rings (SSSR count). The van der Waals surface area contributed by atoms with Crippen LogP contribution in [0.15, 0.2) is 82.0 Å². The number of thioether (sulfide) groups is 1. The fourth-order valence-electron chi connectivity index (χ4n) is 4.39. The third kappa shape index (κ3) is 5.91. The summed E-state index contributed by atoms with van der Waals surface area (Å²) in [7, 11) is 3.41. The lowest BCUT2D eigenvalue weighted by Crippen LogP contribution is -2.39. The summed E-state index contributed by atoms with van der Waals surface area (Å²) >= 11 is 1.45. The lowest BCUT2D eigenvalue weighted by atomic mass is 9.93. The second-order valence-electron chi connectivity index (χ2n) is 10.0. The predicted molar refractivity (Wildman–Crippen MR) is 147 cm³/mol. The number of para-hydroxylation sites is 1. The monoisotopic (exact) mass is 519 g/mol. The lowest BCUT2D eigenvalue weighted by molar-refractivity contribution is -0.150. The smallest absolute Gasteiger partial charge is 0.338 e. The van der Waals surface area contributed by atoms with Gasteiger partial charge in [-0.1, -0.05) is 60.3 Å². The molecule has 1 amide bonds. The minimum absolute atomic E-state index is 0.0270. The van der Waals surface area contributed by atoms with E-state index in [-0.39, 0.29) is 12.3 Å². The molecule has 2 aliphatic rings. The first-order valence-electron chi connectivity index (χ1n) is 12.2. The van der Waals surface area contributed by atoms with Crippen molar-refractivity contribution in [2.45, 2.75) is 52.3 Å². The molecule has 0 saturated carbocycles. The molecule has 8 heteroatoms. The van der Waals surface area contributed by atoms with Gasteiger partial charge in [-0.3, -0.25) is 4.79 Å². The highest BCUT2D eigenvalue weighted by molar-refractivity contribution is 8.16. The van der Waals surface area contributed by atoms with Crippen LogP contribution >= 0.6 is 11.8 Å². The molecule has 0 bridgehead atoms. The molecule has 2 aromatic rings. The van der Waals surface area contributed by atoms with Crippen molar-refractivity contribution in [3.63, 3.8) is 0 Å². The maximum atomic E-state index is 13.5. The van der Waals surface area contributed by atoms with Crippen molar-refractivity contribution in [3.8, 4) is 5.75 Å². The SMILES string of the molecule is COc1ccccc1[C@@H]1C(C(=O)OC(C)(C)C)=C(C)N=C2SC=C(CC(=O)N(C)Cc3ccccc3)N21. The highest BCUT2D eigenvalue weighted by Crippen LogP contribution is 2.47. The summed E-state index contributed by atoms with van der Waals surface area (Å²) < 4.78 is 11.5. The van der Waals surface area contributed by atoms with Gasteiger partial charge in [-0.25, -0.2) is 9.79 Å². The van der Waals surface area contributed by atoms with Crippen molar-refractivity contribution >= 4 is 28.8 Å². The highest BCUT2D eigenvalue weighted by atomic mass is 32.2. The first-order chi connectivity index (χ1) is 17.6. The Labute approximate surface area is 222 Å². The number of methoxy groups -OCH3 is 1. The number of nitrogens with zero attached hydrogens (tertiary/aromatic N) is 3. The number of ether oxygens (including phenoxy) is 2. The number of esters is 1. The van der Waals surface area contributed by atoms with Crippen LogP contribution in [0.2, 0.25) is 0 Å². The molecule has 0 saturated heterocycles. The van der Waals surface area contributed by atoms with Crippen molar-refractivity contribution in [1.29, 1.82) is 0 Å². The molecule has 0 unspecified atom stereocenters.